The molecule has 0 unspecified atom stereocenters. The highest BCUT2D eigenvalue weighted by Crippen LogP contribution is 2.31. The van der Waals surface area contributed by atoms with E-state index in [1.165, 1.54) is 63.8 Å². The predicted molar refractivity (Wildman–Crippen MR) is 135 cm³/mol. The second-order valence-corrected chi connectivity index (χ2v) is 8.90. The maximum atomic E-state index is 6.15. The Balaban J connectivity index is 0.00000300. The Morgan fingerprint density at radius 3 is 2.48 bits per heavy atom. The molecule has 2 aliphatic rings. The minimum absolute atomic E-state index is 0. The predicted octanol–water partition coefficient (Wildman–Crippen LogP) is 3.92. The summed E-state index contributed by atoms with van der Waals surface area (Å²) in [6.07, 6.45) is 6.50. The number of benzene rings is 1. The van der Waals surface area contributed by atoms with Crippen LogP contribution in [0.5, 0.6) is 0 Å². The number of nitrogens with zero attached hydrogens (tertiary/aromatic N) is 4. The number of hydrogen-bond donors (Lipinski definition) is 1. The van der Waals surface area contributed by atoms with Gasteiger partial charge in [0, 0.05) is 37.7 Å². The minimum atomic E-state index is 0. The first-order valence-electron chi connectivity index (χ1n) is 10.6. The third-order valence-electron chi connectivity index (χ3n) is 6.40. The van der Waals surface area contributed by atoms with Gasteiger partial charge in [-0.15, -0.1) is 24.0 Å². The molecule has 0 saturated carbocycles. The zero-order valence-corrected chi connectivity index (χ0v) is 21.2. The van der Waals surface area contributed by atoms with Crippen LogP contribution in [0.4, 0.5) is 0 Å². The molecule has 0 spiro atoms. The van der Waals surface area contributed by atoms with E-state index in [0.717, 1.165) is 24.1 Å². The van der Waals surface area contributed by atoms with E-state index in [9.17, 15) is 0 Å². The van der Waals surface area contributed by atoms with Crippen molar-refractivity contribution in [1.82, 2.24) is 20.0 Å². The lowest BCUT2D eigenvalue weighted by atomic mass is 9.84. The molecule has 1 aromatic rings. The van der Waals surface area contributed by atoms with Crippen molar-refractivity contribution in [3.05, 3.63) is 34.9 Å². The number of aliphatic imine (C=N–C) groups is 1. The van der Waals surface area contributed by atoms with E-state index >= 15 is 0 Å². The number of likely N-dealkylation sites (tertiary alicyclic amines) is 2. The Bertz CT molecular complexity index is 654. The van der Waals surface area contributed by atoms with Gasteiger partial charge in [-0.1, -0.05) is 30.2 Å². The van der Waals surface area contributed by atoms with Crippen molar-refractivity contribution in [2.45, 2.75) is 44.2 Å². The summed E-state index contributed by atoms with van der Waals surface area (Å²) in [5, 5.41) is 4.49. The maximum Gasteiger partial charge on any atom is 0.193 e. The van der Waals surface area contributed by atoms with Crippen molar-refractivity contribution < 1.29 is 0 Å². The minimum Gasteiger partial charge on any atom is -0.354 e. The third kappa shape index (κ3) is 6.71. The lowest BCUT2D eigenvalue weighted by molar-refractivity contribution is 0.0170. The molecule has 164 valence electrons. The van der Waals surface area contributed by atoms with Gasteiger partial charge in [0.1, 0.15) is 0 Å². The van der Waals surface area contributed by atoms with Gasteiger partial charge in [-0.3, -0.25) is 9.89 Å². The Morgan fingerprint density at radius 2 is 1.86 bits per heavy atom. The number of piperidine rings is 2. The fourth-order valence-corrected chi connectivity index (χ4v) is 4.83. The average Bonchev–Trinajstić information content (AvgIpc) is 2.71. The Labute approximate surface area is 198 Å². The fraction of sp³-hybridized carbons (Fsp3) is 0.682. The van der Waals surface area contributed by atoms with Crippen LogP contribution < -0.4 is 5.32 Å². The molecule has 2 heterocycles. The van der Waals surface area contributed by atoms with E-state index < -0.39 is 0 Å². The molecule has 1 N–H and O–H groups in total. The lowest BCUT2D eigenvalue weighted by Gasteiger charge is -2.50. The van der Waals surface area contributed by atoms with Gasteiger partial charge in [0.2, 0.25) is 0 Å². The third-order valence-corrected chi connectivity index (χ3v) is 6.64. The summed E-state index contributed by atoms with van der Waals surface area (Å²) in [4.78, 5) is 12.0. The lowest BCUT2D eigenvalue weighted by Crippen LogP contribution is -2.62. The summed E-state index contributed by atoms with van der Waals surface area (Å²) in [6, 6.07) is 8.06. The second kappa shape index (κ2) is 11.7. The number of hydrogen-bond acceptors (Lipinski definition) is 3. The Hall–Kier alpha value is -0.570. The van der Waals surface area contributed by atoms with Crippen LogP contribution in [0.15, 0.2) is 29.3 Å². The first-order chi connectivity index (χ1) is 13.5. The van der Waals surface area contributed by atoms with E-state index in [1.807, 2.05) is 25.2 Å². The quantitative estimate of drug-likeness (QED) is 0.354. The van der Waals surface area contributed by atoms with Crippen LogP contribution in [0.2, 0.25) is 5.02 Å². The monoisotopic (exact) mass is 533 g/mol. The highest BCUT2D eigenvalue weighted by molar-refractivity contribution is 14.0. The molecule has 1 aromatic carbocycles. The van der Waals surface area contributed by atoms with E-state index in [4.69, 9.17) is 11.6 Å². The van der Waals surface area contributed by atoms with Gasteiger partial charge in [-0.05, 0) is 76.6 Å². The molecule has 2 aliphatic heterocycles. The molecule has 0 radical (unpaired) electrons. The molecule has 0 aromatic heterocycles. The molecule has 7 heteroatoms. The highest BCUT2D eigenvalue weighted by Gasteiger charge is 2.39. The van der Waals surface area contributed by atoms with Gasteiger partial charge < -0.3 is 15.1 Å². The van der Waals surface area contributed by atoms with E-state index in [1.54, 1.807) is 0 Å². The van der Waals surface area contributed by atoms with Gasteiger partial charge in [0.15, 0.2) is 5.96 Å². The van der Waals surface area contributed by atoms with Crippen molar-refractivity contribution in [3.63, 3.8) is 0 Å². The van der Waals surface area contributed by atoms with Crippen LogP contribution in [0.3, 0.4) is 0 Å². The van der Waals surface area contributed by atoms with E-state index in [-0.39, 0.29) is 29.5 Å². The van der Waals surface area contributed by atoms with Crippen LogP contribution in [-0.4, -0.2) is 80.1 Å². The molecule has 29 heavy (non-hydrogen) atoms. The van der Waals surface area contributed by atoms with Gasteiger partial charge >= 0.3 is 0 Å². The molecule has 0 aliphatic carbocycles. The highest BCUT2D eigenvalue weighted by atomic mass is 127. The largest absolute Gasteiger partial charge is 0.354 e. The summed E-state index contributed by atoms with van der Waals surface area (Å²) >= 11 is 6.15. The second-order valence-electron chi connectivity index (χ2n) is 8.46. The van der Waals surface area contributed by atoms with Crippen molar-refractivity contribution in [2.75, 3.05) is 53.9 Å². The topological polar surface area (TPSA) is 34.1 Å². The molecular weight excluding hydrogens is 497 g/mol. The van der Waals surface area contributed by atoms with Crippen LogP contribution in [0.1, 0.15) is 37.7 Å². The first-order valence-corrected chi connectivity index (χ1v) is 11.0. The Kier molecular flexibility index (Phi) is 9.98. The zero-order valence-electron chi connectivity index (χ0n) is 18.2. The van der Waals surface area contributed by atoms with Crippen LogP contribution in [0.25, 0.3) is 0 Å². The molecule has 2 saturated heterocycles. The molecule has 3 rings (SSSR count). The molecule has 0 amide bonds. The summed E-state index contributed by atoms with van der Waals surface area (Å²) in [6.45, 7) is 6.59. The van der Waals surface area contributed by atoms with Crippen LogP contribution in [0, 0.1) is 0 Å². The molecule has 0 atom stereocenters. The van der Waals surface area contributed by atoms with E-state index in [0.29, 0.717) is 0 Å². The number of guanidine groups is 1. The van der Waals surface area contributed by atoms with Gasteiger partial charge in [0.05, 0.1) is 0 Å². The first kappa shape index (κ1) is 24.7. The smallest absolute Gasteiger partial charge is 0.193 e. The molecule has 5 nitrogen and oxygen atoms in total. The molecular formula is C22H37ClIN5. The number of rotatable bonds is 5. The van der Waals surface area contributed by atoms with Crippen molar-refractivity contribution in [3.8, 4) is 0 Å². The van der Waals surface area contributed by atoms with Crippen LogP contribution in [-0.2, 0) is 6.54 Å². The summed E-state index contributed by atoms with van der Waals surface area (Å²) in [7, 11) is 6.21. The van der Waals surface area contributed by atoms with Gasteiger partial charge in [-0.2, -0.15) is 0 Å². The van der Waals surface area contributed by atoms with Crippen molar-refractivity contribution in [1.29, 1.82) is 0 Å². The van der Waals surface area contributed by atoms with Crippen molar-refractivity contribution >= 4 is 41.5 Å². The molecule has 2 fully saturated rings. The Morgan fingerprint density at radius 1 is 1.17 bits per heavy atom. The van der Waals surface area contributed by atoms with Crippen LogP contribution >= 0.6 is 35.6 Å². The molecule has 0 bridgehead atoms. The maximum absolute atomic E-state index is 6.15. The van der Waals surface area contributed by atoms with Gasteiger partial charge in [0.25, 0.3) is 0 Å². The van der Waals surface area contributed by atoms with E-state index in [2.05, 4.69) is 45.2 Å². The standard InChI is InChI=1S/C22H36ClN5.HI/c1-24-21(27(3)17-19-8-7-9-20(23)16-19)25-18-22(10-14-26(2)15-11-22)28-12-5-4-6-13-28;/h7-9,16H,4-6,10-15,17-18H2,1-3H3,(H,24,25);1H. The van der Waals surface area contributed by atoms with Crippen molar-refractivity contribution in [2.24, 2.45) is 4.99 Å². The average molecular weight is 534 g/mol. The number of halogens is 2. The zero-order chi connectivity index (χ0) is 20.0. The number of nitrogens with one attached hydrogen (secondary N) is 1. The fourth-order valence-electron chi connectivity index (χ4n) is 4.62. The summed E-state index contributed by atoms with van der Waals surface area (Å²) < 4.78 is 0. The normalized spacial score (nSPS) is 20.8. The van der Waals surface area contributed by atoms with Gasteiger partial charge in [-0.25, -0.2) is 0 Å². The summed E-state index contributed by atoms with van der Waals surface area (Å²) in [5.74, 6) is 0.954. The SMILES string of the molecule is CN=C(NCC1(N2CCCCC2)CCN(C)CC1)N(C)Cc1cccc(Cl)c1.I. The summed E-state index contributed by atoms with van der Waals surface area (Å²) in [5.41, 5.74) is 1.45.